The normalized spacial score (nSPS) is 8.55. The van der Waals surface area contributed by atoms with Crippen LogP contribution < -0.4 is 0 Å². The molecular weight excluding hydrogens is 151 g/mol. The predicted molar refractivity (Wildman–Crippen MR) is 47.9 cm³/mol. The zero-order chi connectivity index (χ0) is 7.82. The second-order valence-electron chi connectivity index (χ2n) is 2.40. The van der Waals surface area contributed by atoms with Crippen LogP contribution in [0.25, 0.3) is 0 Å². The Kier molecular flexibility index (Phi) is 13.3. The Morgan fingerprint density at radius 3 is 2.36 bits per heavy atom. The van der Waals surface area contributed by atoms with Gasteiger partial charge in [-0.05, 0) is 6.42 Å². The van der Waals surface area contributed by atoms with Gasteiger partial charge in [-0.15, -0.1) is 0 Å². The molecule has 0 aliphatic heterocycles. The van der Waals surface area contributed by atoms with E-state index in [0.29, 0.717) is 6.61 Å². The molecule has 0 unspecified atom stereocenters. The van der Waals surface area contributed by atoms with Crippen molar-refractivity contribution in [1.82, 2.24) is 0 Å². The summed E-state index contributed by atoms with van der Waals surface area (Å²) in [5.74, 6) is -0.170. The Morgan fingerprint density at radius 1 is 1.27 bits per heavy atom. The van der Waals surface area contributed by atoms with Gasteiger partial charge in [-0.1, -0.05) is 26.2 Å². The molecule has 0 saturated heterocycles. The number of unbranched alkanes of at least 4 members (excludes halogenated alkanes) is 3. The van der Waals surface area contributed by atoms with Crippen molar-refractivity contribution in [3.05, 3.63) is 0 Å². The van der Waals surface area contributed by atoms with E-state index in [2.05, 4.69) is 6.92 Å². The summed E-state index contributed by atoms with van der Waals surface area (Å²) in [4.78, 5) is 10.3. The van der Waals surface area contributed by atoms with Gasteiger partial charge in [0.25, 0.3) is 0 Å². The first-order valence-corrected chi connectivity index (χ1v) is 3.90. The number of rotatable bonds is 5. The molecule has 0 aromatic heterocycles. The number of ether oxygens (including phenoxy) is 1. The second kappa shape index (κ2) is 10.5. The average molecular weight is 168 g/mol. The van der Waals surface area contributed by atoms with E-state index in [1.54, 1.807) is 0 Å². The molecule has 0 saturated carbocycles. The first-order valence-electron chi connectivity index (χ1n) is 3.90. The molecule has 0 fully saturated rings. The van der Waals surface area contributed by atoms with E-state index in [9.17, 15) is 4.79 Å². The summed E-state index contributed by atoms with van der Waals surface area (Å²) in [6, 6.07) is 0. The van der Waals surface area contributed by atoms with E-state index in [-0.39, 0.29) is 35.5 Å². The fraction of sp³-hybridized carbons (Fsp3) is 0.875. The van der Waals surface area contributed by atoms with Crippen molar-refractivity contribution in [2.75, 3.05) is 6.61 Å². The fourth-order valence-corrected chi connectivity index (χ4v) is 0.745. The van der Waals surface area contributed by atoms with Gasteiger partial charge in [-0.3, -0.25) is 4.79 Å². The Labute approximate surface area is 91.0 Å². The van der Waals surface area contributed by atoms with Gasteiger partial charge >= 0.3 is 35.5 Å². The summed E-state index contributed by atoms with van der Waals surface area (Å²) in [7, 11) is 0. The third-order valence-electron chi connectivity index (χ3n) is 1.30. The zero-order valence-corrected chi connectivity index (χ0v) is 6.85. The van der Waals surface area contributed by atoms with Crippen molar-refractivity contribution >= 4 is 35.5 Å². The standard InChI is InChI=1S/C8H16O2.Na.H/c1-3-4-5-6-7-10-8(2)9;;/h3-7H2,1-2H3;;. The summed E-state index contributed by atoms with van der Waals surface area (Å²) >= 11 is 0. The Bertz CT molecular complexity index is 94.1. The van der Waals surface area contributed by atoms with Crippen molar-refractivity contribution in [3.8, 4) is 0 Å². The van der Waals surface area contributed by atoms with Crippen molar-refractivity contribution in [2.24, 2.45) is 0 Å². The van der Waals surface area contributed by atoms with Gasteiger partial charge in [0.05, 0.1) is 6.61 Å². The van der Waals surface area contributed by atoms with Crippen LogP contribution in [0.3, 0.4) is 0 Å². The Morgan fingerprint density at radius 2 is 1.91 bits per heavy atom. The van der Waals surface area contributed by atoms with Crippen molar-refractivity contribution < 1.29 is 9.53 Å². The van der Waals surface area contributed by atoms with Crippen LogP contribution >= 0.6 is 0 Å². The third kappa shape index (κ3) is 13.5. The van der Waals surface area contributed by atoms with Crippen LogP contribution in [0, 0.1) is 0 Å². The number of carbonyl (C=O) groups is 1. The molecular formula is C8H17NaO2. The molecule has 0 aromatic carbocycles. The molecule has 0 aromatic rings. The van der Waals surface area contributed by atoms with Gasteiger partial charge in [0.1, 0.15) is 0 Å². The molecule has 3 heteroatoms. The molecule has 0 bridgehead atoms. The summed E-state index contributed by atoms with van der Waals surface area (Å²) in [6.07, 6.45) is 4.64. The van der Waals surface area contributed by atoms with E-state index in [1.807, 2.05) is 0 Å². The molecule has 0 aliphatic carbocycles. The first-order chi connectivity index (χ1) is 4.77. The SMILES string of the molecule is CCCCCCOC(C)=O.[NaH]. The molecule has 62 valence electrons. The molecule has 0 N–H and O–H groups in total. The average Bonchev–Trinajstić information content (AvgIpc) is 1.87. The minimum atomic E-state index is -0.170. The number of esters is 1. The van der Waals surface area contributed by atoms with Crippen LogP contribution in [0.5, 0.6) is 0 Å². The van der Waals surface area contributed by atoms with E-state index in [4.69, 9.17) is 4.74 Å². The van der Waals surface area contributed by atoms with E-state index < -0.39 is 0 Å². The zero-order valence-electron chi connectivity index (χ0n) is 6.85. The van der Waals surface area contributed by atoms with Gasteiger partial charge in [0.2, 0.25) is 0 Å². The fourth-order valence-electron chi connectivity index (χ4n) is 0.745. The monoisotopic (exact) mass is 168 g/mol. The summed E-state index contributed by atoms with van der Waals surface area (Å²) in [6.45, 7) is 4.20. The van der Waals surface area contributed by atoms with Gasteiger partial charge in [-0.25, -0.2) is 0 Å². The van der Waals surface area contributed by atoms with Crippen molar-refractivity contribution in [2.45, 2.75) is 39.5 Å². The molecule has 2 nitrogen and oxygen atoms in total. The number of hydrogen-bond acceptors (Lipinski definition) is 2. The molecule has 0 amide bonds. The number of carbonyl (C=O) groups excluding carboxylic acids is 1. The maximum atomic E-state index is 10.3. The Balaban J connectivity index is 0. The topological polar surface area (TPSA) is 26.3 Å². The maximum absolute atomic E-state index is 10.3. The van der Waals surface area contributed by atoms with Crippen LogP contribution in [-0.4, -0.2) is 42.1 Å². The van der Waals surface area contributed by atoms with E-state index >= 15 is 0 Å². The van der Waals surface area contributed by atoms with Crippen molar-refractivity contribution in [1.29, 1.82) is 0 Å². The van der Waals surface area contributed by atoms with Crippen molar-refractivity contribution in [3.63, 3.8) is 0 Å². The summed E-state index contributed by atoms with van der Waals surface area (Å²) in [5.41, 5.74) is 0. The van der Waals surface area contributed by atoms with Crippen LogP contribution in [0.4, 0.5) is 0 Å². The molecule has 0 rings (SSSR count). The molecule has 0 spiro atoms. The summed E-state index contributed by atoms with van der Waals surface area (Å²) < 4.78 is 4.75. The van der Waals surface area contributed by atoms with E-state index in [1.165, 1.54) is 26.2 Å². The number of hydrogen-bond donors (Lipinski definition) is 0. The van der Waals surface area contributed by atoms with Gasteiger partial charge in [-0.2, -0.15) is 0 Å². The predicted octanol–water partition coefficient (Wildman–Crippen LogP) is 1.48. The van der Waals surface area contributed by atoms with Crippen LogP contribution in [0.2, 0.25) is 0 Å². The Hall–Kier alpha value is 0.470. The van der Waals surface area contributed by atoms with Gasteiger partial charge in [0.15, 0.2) is 0 Å². The molecule has 0 heterocycles. The molecule has 11 heavy (non-hydrogen) atoms. The van der Waals surface area contributed by atoms with Crippen LogP contribution in [-0.2, 0) is 9.53 Å². The summed E-state index contributed by atoms with van der Waals surface area (Å²) in [5, 5.41) is 0. The van der Waals surface area contributed by atoms with Gasteiger partial charge < -0.3 is 4.74 Å². The van der Waals surface area contributed by atoms with Gasteiger partial charge in [0, 0.05) is 6.92 Å². The third-order valence-corrected chi connectivity index (χ3v) is 1.30. The second-order valence-corrected chi connectivity index (χ2v) is 2.40. The molecule has 0 aliphatic rings. The first kappa shape index (κ1) is 14.0. The molecule has 0 atom stereocenters. The quantitative estimate of drug-likeness (QED) is 0.353. The van der Waals surface area contributed by atoms with Crippen LogP contribution in [0.15, 0.2) is 0 Å². The van der Waals surface area contributed by atoms with Crippen LogP contribution in [0.1, 0.15) is 39.5 Å². The molecule has 0 radical (unpaired) electrons. The van der Waals surface area contributed by atoms with E-state index in [0.717, 1.165) is 6.42 Å². The minimum absolute atomic E-state index is 0.